The minimum Gasteiger partial charge on any atom is -0.459 e. The molecule has 2 fully saturated rings. The van der Waals surface area contributed by atoms with Crippen LogP contribution < -0.4 is 4.90 Å². The number of hydrogen-bond acceptors (Lipinski definition) is 5. The summed E-state index contributed by atoms with van der Waals surface area (Å²) in [5, 5.41) is 0. The van der Waals surface area contributed by atoms with E-state index in [1.807, 2.05) is 11.0 Å². The molecule has 7 heteroatoms. The predicted octanol–water partition coefficient (Wildman–Crippen LogP) is 2.51. The molecule has 28 heavy (non-hydrogen) atoms. The number of aromatic nitrogens is 1. The van der Waals surface area contributed by atoms with Crippen LogP contribution in [0.4, 0.5) is 5.69 Å². The lowest BCUT2D eigenvalue weighted by molar-refractivity contribution is 0.0682. The number of hydrogen-bond donors (Lipinski definition) is 0. The summed E-state index contributed by atoms with van der Waals surface area (Å²) in [7, 11) is 0. The fraction of sp³-hybridized carbons (Fsp3) is 0.476. The molecule has 0 bridgehead atoms. The molecule has 1 unspecified atom stereocenters. The van der Waals surface area contributed by atoms with Crippen LogP contribution in [0.25, 0.3) is 0 Å². The van der Waals surface area contributed by atoms with Crippen LogP contribution in [-0.4, -0.2) is 65.9 Å². The first-order valence-corrected chi connectivity index (χ1v) is 9.94. The van der Waals surface area contributed by atoms with Crippen LogP contribution in [0.2, 0.25) is 0 Å². The molecule has 2 amide bonds. The quantitative estimate of drug-likeness (QED) is 0.816. The van der Waals surface area contributed by atoms with Crippen molar-refractivity contribution in [2.24, 2.45) is 5.92 Å². The Labute approximate surface area is 164 Å². The van der Waals surface area contributed by atoms with Gasteiger partial charge in [0, 0.05) is 45.5 Å². The molecule has 0 saturated carbocycles. The van der Waals surface area contributed by atoms with Crippen LogP contribution in [0.1, 0.15) is 40.7 Å². The van der Waals surface area contributed by atoms with E-state index >= 15 is 0 Å². The first-order valence-electron chi connectivity index (χ1n) is 9.94. The minimum atomic E-state index is -0.0779. The second-order valence-corrected chi connectivity index (χ2v) is 7.69. The fourth-order valence-corrected chi connectivity index (χ4v) is 4.00. The van der Waals surface area contributed by atoms with E-state index in [0.29, 0.717) is 43.4 Å². The molecule has 0 aromatic carbocycles. The number of amides is 2. The summed E-state index contributed by atoms with van der Waals surface area (Å²) >= 11 is 0. The monoisotopic (exact) mass is 382 g/mol. The van der Waals surface area contributed by atoms with Crippen LogP contribution in [0.15, 0.2) is 41.3 Å². The summed E-state index contributed by atoms with van der Waals surface area (Å²) in [5.74, 6) is 0.908. The number of carbonyl (C=O) groups is 2. The maximum Gasteiger partial charge on any atom is 0.289 e. The van der Waals surface area contributed by atoms with Crippen molar-refractivity contribution in [2.75, 3.05) is 44.2 Å². The summed E-state index contributed by atoms with van der Waals surface area (Å²) in [6.07, 6.45) is 7.21. The molecule has 0 N–H and O–H groups in total. The van der Waals surface area contributed by atoms with E-state index in [-0.39, 0.29) is 11.8 Å². The molecule has 7 nitrogen and oxygen atoms in total. The molecular formula is C21H26N4O3. The number of carbonyl (C=O) groups excluding carboxylic acids is 2. The lowest BCUT2D eigenvalue weighted by Gasteiger charge is -2.36. The molecule has 2 aliphatic rings. The molecular weight excluding hydrogens is 356 g/mol. The van der Waals surface area contributed by atoms with E-state index in [9.17, 15) is 9.59 Å². The molecule has 0 spiro atoms. The molecule has 2 saturated heterocycles. The summed E-state index contributed by atoms with van der Waals surface area (Å²) in [5.41, 5.74) is 1.57. The second-order valence-electron chi connectivity index (χ2n) is 7.69. The highest BCUT2D eigenvalue weighted by atomic mass is 16.3. The average molecular weight is 382 g/mol. The Kier molecular flexibility index (Phi) is 5.32. The number of likely N-dealkylation sites (tertiary alicyclic amines) is 1. The molecule has 2 aromatic heterocycles. The van der Waals surface area contributed by atoms with Gasteiger partial charge >= 0.3 is 0 Å². The van der Waals surface area contributed by atoms with Crippen molar-refractivity contribution in [3.05, 3.63) is 48.2 Å². The van der Waals surface area contributed by atoms with Gasteiger partial charge in [0.15, 0.2) is 5.76 Å². The zero-order chi connectivity index (χ0) is 19.5. The Hall–Kier alpha value is -2.83. The van der Waals surface area contributed by atoms with E-state index in [0.717, 1.165) is 25.2 Å². The number of nitrogens with zero attached hydrogens (tertiary/aromatic N) is 4. The number of piperazine rings is 1. The minimum absolute atomic E-state index is 0.0625. The van der Waals surface area contributed by atoms with Gasteiger partial charge in [-0.15, -0.1) is 0 Å². The number of anilines is 1. The van der Waals surface area contributed by atoms with Gasteiger partial charge in [-0.25, -0.2) is 0 Å². The Balaban J connectivity index is 1.40. The lowest BCUT2D eigenvalue weighted by Crippen LogP contribution is -2.48. The van der Waals surface area contributed by atoms with Gasteiger partial charge in [-0.3, -0.25) is 14.6 Å². The topological polar surface area (TPSA) is 69.9 Å². The molecule has 4 rings (SSSR count). The van der Waals surface area contributed by atoms with Gasteiger partial charge in [0.25, 0.3) is 11.8 Å². The number of pyridine rings is 1. The fourth-order valence-electron chi connectivity index (χ4n) is 4.00. The highest BCUT2D eigenvalue weighted by molar-refractivity contribution is 5.95. The lowest BCUT2D eigenvalue weighted by atomic mass is 10.00. The molecule has 4 heterocycles. The Bertz CT molecular complexity index is 828. The molecule has 148 valence electrons. The second kappa shape index (κ2) is 8.04. The van der Waals surface area contributed by atoms with Crippen LogP contribution in [-0.2, 0) is 0 Å². The first kappa shape index (κ1) is 18.5. The Morgan fingerprint density at radius 3 is 2.61 bits per heavy atom. The summed E-state index contributed by atoms with van der Waals surface area (Å²) in [4.78, 5) is 35.5. The zero-order valence-corrected chi connectivity index (χ0v) is 16.2. The van der Waals surface area contributed by atoms with Crippen molar-refractivity contribution in [3.8, 4) is 0 Å². The van der Waals surface area contributed by atoms with Gasteiger partial charge < -0.3 is 19.1 Å². The first-order chi connectivity index (χ1) is 13.6. The van der Waals surface area contributed by atoms with Gasteiger partial charge in [-0.2, -0.15) is 0 Å². The van der Waals surface area contributed by atoms with E-state index < -0.39 is 0 Å². The largest absolute Gasteiger partial charge is 0.459 e. The van der Waals surface area contributed by atoms with Crippen molar-refractivity contribution in [1.29, 1.82) is 0 Å². The third-order valence-corrected chi connectivity index (χ3v) is 5.58. The van der Waals surface area contributed by atoms with Crippen molar-refractivity contribution in [2.45, 2.75) is 19.8 Å². The molecule has 0 aliphatic carbocycles. The summed E-state index contributed by atoms with van der Waals surface area (Å²) < 4.78 is 5.21. The molecule has 2 aliphatic heterocycles. The number of rotatable bonds is 3. The predicted molar refractivity (Wildman–Crippen MR) is 105 cm³/mol. The van der Waals surface area contributed by atoms with Gasteiger partial charge in [-0.1, -0.05) is 6.92 Å². The molecule has 2 aromatic rings. The van der Waals surface area contributed by atoms with Crippen molar-refractivity contribution in [3.63, 3.8) is 0 Å². The highest BCUT2D eigenvalue weighted by Gasteiger charge is 2.26. The van der Waals surface area contributed by atoms with Crippen molar-refractivity contribution >= 4 is 17.5 Å². The smallest absolute Gasteiger partial charge is 0.289 e. The normalized spacial score (nSPS) is 20.3. The number of furan rings is 1. The van der Waals surface area contributed by atoms with Crippen LogP contribution in [0.5, 0.6) is 0 Å². The molecule has 1 atom stereocenters. The number of piperidine rings is 1. The van der Waals surface area contributed by atoms with Gasteiger partial charge in [0.1, 0.15) is 0 Å². The van der Waals surface area contributed by atoms with E-state index in [1.54, 1.807) is 29.4 Å². The van der Waals surface area contributed by atoms with Crippen molar-refractivity contribution < 1.29 is 14.0 Å². The van der Waals surface area contributed by atoms with E-state index in [1.165, 1.54) is 12.7 Å². The van der Waals surface area contributed by atoms with Gasteiger partial charge in [0.2, 0.25) is 0 Å². The summed E-state index contributed by atoms with van der Waals surface area (Å²) in [6, 6.07) is 5.34. The summed E-state index contributed by atoms with van der Waals surface area (Å²) in [6.45, 7) is 6.46. The van der Waals surface area contributed by atoms with Crippen LogP contribution >= 0.6 is 0 Å². The van der Waals surface area contributed by atoms with E-state index in [4.69, 9.17) is 4.42 Å². The standard InChI is InChI=1S/C21H26N4O3/c1-16-4-2-6-25(15-16)20(26)17-12-18(14-22-13-17)23-7-9-24(10-8-23)21(27)19-5-3-11-28-19/h3,5,11-14,16H,2,4,6-10,15H2,1H3. The Morgan fingerprint density at radius 2 is 1.89 bits per heavy atom. The zero-order valence-electron chi connectivity index (χ0n) is 16.2. The maximum absolute atomic E-state index is 12.9. The van der Waals surface area contributed by atoms with Gasteiger partial charge in [0.05, 0.1) is 23.7 Å². The SMILES string of the molecule is CC1CCCN(C(=O)c2cncc(N3CCN(C(=O)c4ccco4)CC3)c2)C1. The third kappa shape index (κ3) is 3.88. The maximum atomic E-state index is 12.9. The van der Waals surface area contributed by atoms with Gasteiger partial charge in [-0.05, 0) is 37.0 Å². The Morgan fingerprint density at radius 1 is 1.07 bits per heavy atom. The average Bonchev–Trinajstić information content (AvgIpc) is 3.28. The molecule has 0 radical (unpaired) electrons. The van der Waals surface area contributed by atoms with E-state index in [2.05, 4.69) is 16.8 Å². The van der Waals surface area contributed by atoms with Crippen molar-refractivity contribution in [1.82, 2.24) is 14.8 Å². The third-order valence-electron chi connectivity index (χ3n) is 5.58. The van der Waals surface area contributed by atoms with Crippen LogP contribution in [0.3, 0.4) is 0 Å². The van der Waals surface area contributed by atoms with Crippen LogP contribution in [0, 0.1) is 5.92 Å². The highest BCUT2D eigenvalue weighted by Crippen LogP contribution is 2.21.